The summed E-state index contributed by atoms with van der Waals surface area (Å²) in [6.45, 7) is 6.07. The third-order valence-electron chi connectivity index (χ3n) is 6.91. The summed E-state index contributed by atoms with van der Waals surface area (Å²) in [6.07, 6.45) is 0. The molecule has 2 saturated heterocycles. The highest BCUT2D eigenvalue weighted by Gasteiger charge is 2.19. The first-order valence-corrected chi connectivity index (χ1v) is 12.7. The van der Waals surface area contributed by atoms with Crippen LogP contribution in [-0.2, 0) is 4.74 Å². The zero-order valence-electron chi connectivity index (χ0n) is 21.3. The number of nitrogens with one attached hydrogen (secondary N) is 2. The zero-order valence-corrected chi connectivity index (χ0v) is 21.3. The van der Waals surface area contributed by atoms with Gasteiger partial charge < -0.3 is 35.8 Å². The number of carbonyl (C=O) groups excluding carboxylic acids is 1. The molecule has 2 fully saturated rings. The van der Waals surface area contributed by atoms with Crippen molar-refractivity contribution in [1.29, 1.82) is 0 Å². The lowest BCUT2D eigenvalue weighted by molar-refractivity contribution is 0.102. The average molecular weight is 523 g/mol. The molecule has 10 heteroatoms. The molecule has 38 heavy (non-hydrogen) atoms. The van der Waals surface area contributed by atoms with Gasteiger partial charge in [0.2, 0.25) is 0 Å². The Hall–Kier alpha value is -3.89. The van der Waals surface area contributed by atoms with E-state index in [0.717, 1.165) is 37.6 Å². The van der Waals surface area contributed by atoms with Crippen molar-refractivity contribution in [2.45, 2.75) is 0 Å². The van der Waals surface area contributed by atoms with Gasteiger partial charge in [0.25, 0.3) is 5.91 Å². The number of amides is 1. The van der Waals surface area contributed by atoms with Gasteiger partial charge in [0.15, 0.2) is 0 Å². The van der Waals surface area contributed by atoms with Gasteiger partial charge in [-0.1, -0.05) is 0 Å². The quantitative estimate of drug-likeness (QED) is 0.420. The van der Waals surface area contributed by atoms with Crippen LogP contribution < -0.4 is 26.2 Å². The number of morpholine rings is 1. The first-order valence-electron chi connectivity index (χ1n) is 12.7. The third-order valence-corrected chi connectivity index (χ3v) is 6.91. The van der Waals surface area contributed by atoms with Gasteiger partial charge in [0, 0.05) is 67.7 Å². The summed E-state index contributed by atoms with van der Waals surface area (Å²) in [5, 5.41) is 5.77. The molecule has 0 spiro atoms. The lowest BCUT2D eigenvalue weighted by atomic mass is 10.1. The predicted octanol–water partition coefficient (Wildman–Crippen LogP) is 4.13. The van der Waals surface area contributed by atoms with Gasteiger partial charge in [-0.15, -0.1) is 0 Å². The predicted molar refractivity (Wildman–Crippen MR) is 148 cm³/mol. The van der Waals surface area contributed by atoms with Crippen molar-refractivity contribution in [1.82, 2.24) is 4.90 Å². The van der Waals surface area contributed by atoms with E-state index in [2.05, 4.69) is 32.4 Å². The molecule has 0 atom stereocenters. The first-order chi connectivity index (χ1) is 18.4. The minimum Gasteiger partial charge on any atom is -0.398 e. The Morgan fingerprint density at radius 1 is 0.842 bits per heavy atom. The van der Waals surface area contributed by atoms with Crippen LogP contribution in [0, 0.1) is 11.6 Å². The second-order valence-corrected chi connectivity index (χ2v) is 9.63. The summed E-state index contributed by atoms with van der Waals surface area (Å²) in [4.78, 5) is 19.6. The minimum absolute atomic E-state index is 0.00536. The van der Waals surface area contributed by atoms with Crippen molar-refractivity contribution >= 4 is 40.0 Å². The van der Waals surface area contributed by atoms with Crippen molar-refractivity contribution in [3.63, 3.8) is 0 Å². The maximum atomic E-state index is 14.7. The number of nitrogens with two attached hydrogens (primary N) is 1. The molecule has 2 heterocycles. The number of nitrogen functional groups attached to an aromatic ring is 1. The standard InChI is InChI=1S/C28H32F2N6O2/c1-34-6-8-35(9-7-34)22-3-5-26(31)24(18-22)28(37)33-27-17-20(2-4-25(27)30)32-21-14-19(29)15-23(16-21)36-10-12-38-13-11-36/h2-5,14-18,32H,6-13,31H2,1H3,(H,33,37). The van der Waals surface area contributed by atoms with Crippen molar-refractivity contribution in [2.75, 3.05) is 85.7 Å². The largest absolute Gasteiger partial charge is 0.398 e. The van der Waals surface area contributed by atoms with E-state index in [1.54, 1.807) is 12.1 Å². The molecule has 0 aliphatic carbocycles. The number of carbonyl (C=O) groups is 1. The Labute approximate surface area is 221 Å². The highest BCUT2D eigenvalue weighted by atomic mass is 19.1. The molecule has 8 nitrogen and oxygen atoms in total. The number of likely N-dealkylation sites (N-methyl/N-ethyl adjacent to an activating group) is 1. The molecule has 5 rings (SSSR count). The van der Waals surface area contributed by atoms with Crippen molar-refractivity contribution in [3.05, 3.63) is 71.8 Å². The summed E-state index contributed by atoms with van der Waals surface area (Å²) >= 11 is 0. The molecule has 0 unspecified atom stereocenters. The van der Waals surface area contributed by atoms with Crippen LogP contribution in [0.1, 0.15) is 10.4 Å². The van der Waals surface area contributed by atoms with Crippen molar-refractivity contribution in [3.8, 4) is 0 Å². The van der Waals surface area contributed by atoms with E-state index >= 15 is 0 Å². The Morgan fingerprint density at radius 3 is 2.34 bits per heavy atom. The number of ether oxygens (including phenoxy) is 1. The van der Waals surface area contributed by atoms with Gasteiger partial charge in [-0.25, -0.2) is 8.78 Å². The summed E-state index contributed by atoms with van der Waals surface area (Å²) < 4.78 is 34.5. The number of hydrogen-bond acceptors (Lipinski definition) is 7. The number of piperazine rings is 1. The maximum absolute atomic E-state index is 14.7. The molecule has 3 aromatic carbocycles. The summed E-state index contributed by atoms with van der Waals surface area (Å²) in [7, 11) is 2.08. The molecular formula is C28H32F2N6O2. The summed E-state index contributed by atoms with van der Waals surface area (Å²) in [5.41, 5.74) is 9.35. The molecule has 2 aliphatic heterocycles. The van der Waals surface area contributed by atoms with Gasteiger partial charge in [-0.3, -0.25) is 4.79 Å². The van der Waals surface area contributed by atoms with Crippen LogP contribution in [0.25, 0.3) is 0 Å². The minimum atomic E-state index is -0.592. The molecular weight excluding hydrogens is 490 g/mol. The van der Waals surface area contributed by atoms with Crippen molar-refractivity contribution in [2.24, 2.45) is 0 Å². The molecule has 4 N–H and O–H groups in total. The Morgan fingerprint density at radius 2 is 1.58 bits per heavy atom. The van der Waals surface area contributed by atoms with E-state index in [-0.39, 0.29) is 17.1 Å². The monoisotopic (exact) mass is 522 g/mol. The van der Waals surface area contributed by atoms with E-state index < -0.39 is 11.7 Å². The second-order valence-electron chi connectivity index (χ2n) is 9.63. The smallest absolute Gasteiger partial charge is 0.257 e. The summed E-state index contributed by atoms with van der Waals surface area (Å²) in [6, 6.07) is 14.3. The van der Waals surface area contributed by atoms with Gasteiger partial charge in [0.1, 0.15) is 11.6 Å². The Kier molecular flexibility index (Phi) is 7.62. The summed E-state index contributed by atoms with van der Waals surface area (Å²) in [5.74, 6) is -1.48. The third kappa shape index (κ3) is 5.98. The van der Waals surface area contributed by atoms with E-state index in [1.807, 2.05) is 12.1 Å². The molecule has 200 valence electrons. The van der Waals surface area contributed by atoms with Crippen LogP contribution >= 0.6 is 0 Å². The zero-order chi connectivity index (χ0) is 26.6. The normalized spacial score (nSPS) is 16.4. The fourth-order valence-corrected chi connectivity index (χ4v) is 4.71. The van der Waals surface area contributed by atoms with Crippen LogP contribution in [0.15, 0.2) is 54.6 Å². The van der Waals surface area contributed by atoms with Gasteiger partial charge in [-0.05, 0) is 61.6 Å². The topological polar surface area (TPSA) is 86.1 Å². The fourth-order valence-electron chi connectivity index (χ4n) is 4.71. The van der Waals surface area contributed by atoms with Crippen LogP contribution in [0.3, 0.4) is 0 Å². The highest BCUT2D eigenvalue weighted by Crippen LogP contribution is 2.29. The molecule has 0 bridgehead atoms. The van der Waals surface area contributed by atoms with Crippen LogP contribution in [-0.4, -0.2) is 70.3 Å². The molecule has 0 aromatic heterocycles. The number of nitrogens with zero attached hydrogens (tertiary/aromatic N) is 3. The maximum Gasteiger partial charge on any atom is 0.257 e. The Balaban J connectivity index is 1.32. The van der Waals surface area contributed by atoms with E-state index in [4.69, 9.17) is 10.5 Å². The second kappa shape index (κ2) is 11.2. The van der Waals surface area contributed by atoms with Gasteiger partial charge in [0.05, 0.1) is 24.5 Å². The average Bonchev–Trinajstić information content (AvgIpc) is 2.91. The van der Waals surface area contributed by atoms with E-state index in [9.17, 15) is 13.6 Å². The van der Waals surface area contributed by atoms with Gasteiger partial charge in [-0.2, -0.15) is 0 Å². The lowest BCUT2D eigenvalue weighted by Crippen LogP contribution is -2.44. The molecule has 0 radical (unpaired) electrons. The van der Waals surface area contributed by atoms with Crippen LogP contribution in [0.5, 0.6) is 0 Å². The number of halogens is 2. The number of rotatable bonds is 6. The fraction of sp³-hybridized carbons (Fsp3) is 0.321. The van der Waals surface area contributed by atoms with Crippen molar-refractivity contribution < 1.29 is 18.3 Å². The number of anilines is 6. The van der Waals surface area contributed by atoms with E-state index in [0.29, 0.717) is 43.4 Å². The van der Waals surface area contributed by atoms with Crippen LogP contribution in [0.4, 0.5) is 42.9 Å². The lowest BCUT2D eigenvalue weighted by Gasteiger charge is -2.34. The SMILES string of the molecule is CN1CCN(c2ccc(N)c(C(=O)Nc3cc(Nc4cc(F)cc(N5CCOCC5)c4)ccc3F)c2)CC1. The highest BCUT2D eigenvalue weighted by molar-refractivity contribution is 6.08. The molecule has 2 aliphatic rings. The van der Waals surface area contributed by atoms with Gasteiger partial charge >= 0.3 is 0 Å². The Bertz CT molecular complexity index is 1310. The molecule has 1 amide bonds. The van der Waals surface area contributed by atoms with Crippen LogP contribution in [0.2, 0.25) is 0 Å². The number of hydrogen-bond donors (Lipinski definition) is 3. The molecule has 0 saturated carbocycles. The number of benzene rings is 3. The molecule has 3 aromatic rings. The van der Waals surface area contributed by atoms with E-state index in [1.165, 1.54) is 30.3 Å². The first kappa shape index (κ1) is 25.7.